The molecule has 2 amide bonds. The van der Waals surface area contributed by atoms with Crippen LogP contribution in [0.2, 0.25) is 4.34 Å². The van der Waals surface area contributed by atoms with Crippen LogP contribution >= 0.6 is 45.5 Å². The number of nitrogens with zero attached hydrogens (tertiary/aromatic N) is 2. The van der Waals surface area contributed by atoms with E-state index in [4.69, 9.17) is 11.6 Å². The molecule has 8 heteroatoms. The van der Waals surface area contributed by atoms with Crippen LogP contribution in [0.25, 0.3) is 0 Å². The average Bonchev–Trinajstić information content (AvgIpc) is 3.01. The second-order valence-electron chi connectivity index (χ2n) is 5.12. The summed E-state index contributed by atoms with van der Waals surface area (Å²) in [6, 6.07) is 10.4. The lowest BCUT2D eigenvalue weighted by molar-refractivity contribution is 0.0999. The molecule has 0 saturated heterocycles. The van der Waals surface area contributed by atoms with Gasteiger partial charge in [-0.1, -0.05) is 46.3 Å². The molecule has 0 fully saturated rings. The SMILES string of the molecule is CI.O=C1Nc2ccccc2N(C(=O)c2ccncc2)c2c1csc2Cl. The van der Waals surface area contributed by atoms with Crippen molar-refractivity contribution in [3.05, 3.63) is 69.6 Å². The van der Waals surface area contributed by atoms with Crippen molar-refractivity contribution in [2.75, 3.05) is 15.1 Å². The molecule has 1 aliphatic heterocycles. The zero-order valence-electron chi connectivity index (χ0n) is 13.6. The predicted molar refractivity (Wildman–Crippen MR) is 114 cm³/mol. The number of aromatic nitrogens is 1. The monoisotopic (exact) mass is 497 g/mol. The first kappa shape index (κ1) is 18.8. The van der Waals surface area contributed by atoms with Crippen LogP contribution in [0.1, 0.15) is 20.7 Å². The molecule has 3 heterocycles. The quantitative estimate of drug-likeness (QED) is 0.362. The molecule has 0 radical (unpaired) electrons. The van der Waals surface area contributed by atoms with E-state index in [1.54, 1.807) is 48.1 Å². The van der Waals surface area contributed by atoms with E-state index in [1.807, 2.05) is 11.0 Å². The lowest BCUT2D eigenvalue weighted by atomic mass is 10.1. The van der Waals surface area contributed by atoms with E-state index in [-0.39, 0.29) is 11.8 Å². The molecule has 1 aromatic carbocycles. The van der Waals surface area contributed by atoms with Crippen LogP contribution in [0.15, 0.2) is 54.2 Å². The van der Waals surface area contributed by atoms with Gasteiger partial charge in [-0.3, -0.25) is 19.5 Å². The number of carbonyl (C=O) groups excluding carboxylic acids is 2. The highest BCUT2D eigenvalue weighted by molar-refractivity contribution is 14.1. The summed E-state index contributed by atoms with van der Waals surface area (Å²) in [5.41, 5.74) is 2.38. The number of thiophene rings is 1. The summed E-state index contributed by atoms with van der Waals surface area (Å²) in [6.07, 6.45) is 3.10. The van der Waals surface area contributed by atoms with Crippen molar-refractivity contribution in [2.24, 2.45) is 0 Å². The van der Waals surface area contributed by atoms with Crippen LogP contribution < -0.4 is 10.2 Å². The molecule has 3 aromatic rings. The van der Waals surface area contributed by atoms with Gasteiger partial charge in [-0.05, 0) is 29.2 Å². The van der Waals surface area contributed by atoms with Gasteiger partial charge in [0.2, 0.25) is 0 Å². The van der Waals surface area contributed by atoms with Crippen molar-refractivity contribution >= 4 is 74.4 Å². The Hall–Kier alpha value is -1.97. The average molecular weight is 498 g/mol. The lowest BCUT2D eigenvalue weighted by Crippen LogP contribution is -2.26. The number of hydrogen-bond donors (Lipinski definition) is 1. The number of para-hydroxylation sites is 2. The van der Waals surface area contributed by atoms with E-state index in [0.29, 0.717) is 32.5 Å². The van der Waals surface area contributed by atoms with Gasteiger partial charge in [-0.15, -0.1) is 11.3 Å². The maximum absolute atomic E-state index is 13.1. The van der Waals surface area contributed by atoms with E-state index in [1.165, 1.54) is 16.2 Å². The summed E-state index contributed by atoms with van der Waals surface area (Å²) in [7, 11) is 0. The molecule has 0 bridgehead atoms. The highest BCUT2D eigenvalue weighted by Crippen LogP contribution is 2.45. The van der Waals surface area contributed by atoms with Crippen LogP contribution in [0.3, 0.4) is 0 Å². The first-order valence-corrected chi connectivity index (χ1v) is 10.9. The molecular weight excluding hydrogens is 485 g/mol. The number of fused-ring (bicyclic) bond motifs is 2. The first-order valence-electron chi connectivity index (χ1n) is 7.46. The number of rotatable bonds is 1. The molecule has 5 nitrogen and oxygen atoms in total. The predicted octanol–water partition coefficient (Wildman–Crippen LogP) is 5.39. The Labute approximate surface area is 173 Å². The zero-order chi connectivity index (χ0) is 18.7. The van der Waals surface area contributed by atoms with Gasteiger partial charge in [0.1, 0.15) is 4.34 Å². The molecule has 0 spiro atoms. The minimum absolute atomic E-state index is 0.275. The van der Waals surface area contributed by atoms with E-state index >= 15 is 0 Å². The summed E-state index contributed by atoms with van der Waals surface area (Å²) in [6.45, 7) is 0. The summed E-state index contributed by atoms with van der Waals surface area (Å²) in [5.74, 6) is -0.562. The van der Waals surface area contributed by atoms with Gasteiger partial charge in [0.05, 0.1) is 22.6 Å². The van der Waals surface area contributed by atoms with E-state index in [2.05, 4.69) is 32.9 Å². The van der Waals surface area contributed by atoms with Gasteiger partial charge in [0.25, 0.3) is 11.8 Å². The van der Waals surface area contributed by atoms with Crippen molar-refractivity contribution in [1.29, 1.82) is 0 Å². The number of nitrogens with one attached hydrogen (secondary N) is 1. The standard InChI is InChI=1S/C17H10ClN3O2S.CH3I/c18-15-14-11(9-24-15)16(22)20-12-3-1-2-4-13(12)21(14)17(23)10-5-7-19-8-6-10;1-2/h1-9H,(H,20,22);1H3. The van der Waals surface area contributed by atoms with Gasteiger partial charge in [0.15, 0.2) is 0 Å². The molecule has 26 heavy (non-hydrogen) atoms. The first-order chi connectivity index (χ1) is 12.7. The molecule has 0 aliphatic carbocycles. The lowest BCUT2D eigenvalue weighted by Gasteiger charge is -2.23. The van der Waals surface area contributed by atoms with Crippen LogP contribution in [0.5, 0.6) is 0 Å². The Morgan fingerprint density at radius 2 is 1.88 bits per heavy atom. The number of pyridine rings is 1. The van der Waals surface area contributed by atoms with Crippen LogP contribution in [-0.2, 0) is 0 Å². The van der Waals surface area contributed by atoms with Crippen molar-refractivity contribution < 1.29 is 9.59 Å². The van der Waals surface area contributed by atoms with Crippen LogP contribution in [0.4, 0.5) is 17.1 Å². The Balaban J connectivity index is 0.000000948. The number of carbonyl (C=O) groups is 2. The van der Waals surface area contributed by atoms with Crippen molar-refractivity contribution in [1.82, 2.24) is 4.98 Å². The van der Waals surface area contributed by atoms with Gasteiger partial charge >= 0.3 is 0 Å². The highest BCUT2D eigenvalue weighted by atomic mass is 127. The normalized spacial score (nSPS) is 12.1. The number of anilines is 3. The minimum Gasteiger partial charge on any atom is -0.320 e. The number of hydrogen-bond acceptors (Lipinski definition) is 4. The molecule has 0 unspecified atom stereocenters. The molecule has 0 saturated carbocycles. The molecule has 1 N–H and O–H groups in total. The number of alkyl halides is 1. The maximum Gasteiger partial charge on any atom is 0.263 e. The van der Waals surface area contributed by atoms with Gasteiger partial charge < -0.3 is 5.32 Å². The molecular formula is C18H13ClIN3O2S. The number of benzene rings is 1. The number of amides is 2. The third-order valence-electron chi connectivity index (χ3n) is 3.71. The largest absolute Gasteiger partial charge is 0.320 e. The van der Waals surface area contributed by atoms with Crippen LogP contribution in [0, 0.1) is 0 Å². The molecule has 132 valence electrons. The van der Waals surface area contributed by atoms with E-state index in [9.17, 15) is 9.59 Å². The second kappa shape index (κ2) is 8.15. The maximum atomic E-state index is 13.1. The Morgan fingerprint density at radius 3 is 2.62 bits per heavy atom. The molecule has 1 aliphatic rings. The summed E-state index contributed by atoms with van der Waals surface area (Å²) in [4.78, 5) is 33.0. The summed E-state index contributed by atoms with van der Waals surface area (Å²) >= 11 is 9.69. The number of halogens is 2. The van der Waals surface area contributed by atoms with Crippen molar-refractivity contribution in [3.63, 3.8) is 0 Å². The fourth-order valence-electron chi connectivity index (χ4n) is 2.62. The van der Waals surface area contributed by atoms with Gasteiger partial charge in [-0.2, -0.15) is 0 Å². The molecule has 0 atom stereocenters. The topological polar surface area (TPSA) is 62.3 Å². The van der Waals surface area contributed by atoms with Crippen LogP contribution in [-0.4, -0.2) is 21.7 Å². The highest BCUT2D eigenvalue weighted by Gasteiger charge is 2.32. The van der Waals surface area contributed by atoms with Crippen molar-refractivity contribution in [2.45, 2.75) is 0 Å². The fourth-order valence-corrected chi connectivity index (χ4v) is 3.69. The summed E-state index contributed by atoms with van der Waals surface area (Å²) < 4.78 is 0.388. The van der Waals surface area contributed by atoms with E-state index < -0.39 is 0 Å². The van der Waals surface area contributed by atoms with E-state index in [0.717, 1.165) is 0 Å². The fraction of sp³-hybridized carbons (Fsp3) is 0.0556. The molecule has 2 aromatic heterocycles. The molecule has 4 rings (SSSR count). The van der Waals surface area contributed by atoms with Gasteiger partial charge in [0, 0.05) is 23.3 Å². The van der Waals surface area contributed by atoms with Gasteiger partial charge in [-0.25, -0.2) is 0 Å². The Morgan fingerprint density at radius 1 is 1.19 bits per heavy atom. The van der Waals surface area contributed by atoms with Crippen molar-refractivity contribution in [3.8, 4) is 0 Å². The minimum atomic E-state index is -0.286. The zero-order valence-corrected chi connectivity index (χ0v) is 17.3. The Kier molecular flexibility index (Phi) is 5.90. The third kappa shape index (κ3) is 3.34. The third-order valence-corrected chi connectivity index (χ3v) is 4.91. The smallest absolute Gasteiger partial charge is 0.263 e. The second-order valence-corrected chi connectivity index (χ2v) is 6.60. The summed E-state index contributed by atoms with van der Waals surface area (Å²) in [5, 5.41) is 4.49. The Bertz CT molecular complexity index is 962.